The summed E-state index contributed by atoms with van der Waals surface area (Å²) in [5, 5.41) is 0. The average Bonchev–Trinajstić information content (AvgIpc) is 3.16. The zero-order valence-corrected chi connectivity index (χ0v) is 20.9. The summed E-state index contributed by atoms with van der Waals surface area (Å²) >= 11 is 0. The maximum atomic E-state index is 10.7. The first-order chi connectivity index (χ1) is 12.9. The van der Waals surface area contributed by atoms with Crippen molar-refractivity contribution in [3.63, 3.8) is 0 Å². The summed E-state index contributed by atoms with van der Waals surface area (Å²) in [5.74, 6) is 0. The van der Waals surface area contributed by atoms with E-state index in [2.05, 4.69) is 0 Å². The molecule has 0 aliphatic carbocycles. The molecule has 8 nitrogen and oxygen atoms in total. The Bertz CT molecular complexity index is 426. The van der Waals surface area contributed by atoms with Crippen LogP contribution in [0.2, 0.25) is 0 Å². The molecule has 28 heavy (non-hydrogen) atoms. The topological polar surface area (TPSA) is 81.7 Å². The van der Waals surface area contributed by atoms with Gasteiger partial charge in [-0.05, 0) is 18.6 Å². The molecule has 2 heterocycles. The minimum Gasteiger partial charge on any atom is -0.414 e. The second-order valence-corrected chi connectivity index (χ2v) is 7.41. The second kappa shape index (κ2) is 16.8. The van der Waals surface area contributed by atoms with Crippen LogP contribution in [0, 0.1) is 6.42 Å². The van der Waals surface area contributed by atoms with Crippen LogP contribution >= 0.6 is 8.03 Å². The predicted molar refractivity (Wildman–Crippen MR) is 103 cm³/mol. The van der Waals surface area contributed by atoms with E-state index < -0.39 is 14.0 Å². The van der Waals surface area contributed by atoms with E-state index in [1.54, 1.807) is 28.0 Å². The Hall–Kier alpha value is 1.18. The molecular formula is C16H30B2O8PY-. The molecule has 0 amide bonds. The fourth-order valence-electron chi connectivity index (χ4n) is 2.67. The van der Waals surface area contributed by atoms with Gasteiger partial charge in [-0.1, -0.05) is 0 Å². The van der Waals surface area contributed by atoms with Crippen molar-refractivity contribution in [2.24, 2.45) is 0 Å². The number of rotatable bonds is 10. The van der Waals surface area contributed by atoms with Crippen LogP contribution in [0.15, 0.2) is 0 Å². The van der Waals surface area contributed by atoms with E-state index in [0.717, 1.165) is 0 Å². The van der Waals surface area contributed by atoms with E-state index in [9.17, 15) is 4.57 Å². The minimum absolute atomic E-state index is 0. The van der Waals surface area contributed by atoms with Gasteiger partial charge in [0.25, 0.3) is 0 Å². The van der Waals surface area contributed by atoms with Crippen LogP contribution in [-0.4, -0.2) is 107 Å². The van der Waals surface area contributed by atoms with E-state index in [-0.39, 0.29) is 63.1 Å². The minimum atomic E-state index is -1.90. The summed E-state index contributed by atoms with van der Waals surface area (Å²) in [6.45, 7) is 3.43. The van der Waals surface area contributed by atoms with Gasteiger partial charge in [-0.3, -0.25) is 11.0 Å². The molecule has 2 rings (SSSR count). The van der Waals surface area contributed by atoms with Crippen molar-refractivity contribution in [1.29, 1.82) is 0 Å². The van der Waals surface area contributed by atoms with Crippen molar-refractivity contribution < 1.29 is 70.2 Å². The number of methoxy groups -OCH3 is 3. The molecule has 0 spiro atoms. The molecule has 12 heteroatoms. The molecule has 5 radical (unpaired) electrons. The number of hydrogen-bond acceptors (Lipinski definition) is 8. The standard InChI is InChI=1S/C9H16BO4.C7H14BO4P.Y/c1-11-3-4-13-8-5-7(6-12-2)14-9(8)10;1-10-5-3-7(8)12-6(5)4-11-13(2)9;/h5,7-9H,3-4,6H2,1-2H3;5-7,13H,3-4H2,1-2H3;/q-1;;. The van der Waals surface area contributed by atoms with Crippen LogP contribution in [0.4, 0.5) is 0 Å². The molecule has 0 aromatic carbocycles. The van der Waals surface area contributed by atoms with Gasteiger partial charge in [-0.25, -0.2) is 0 Å². The second-order valence-electron chi connectivity index (χ2n) is 6.14. The first kappa shape index (κ1) is 29.2. The Kier molecular flexibility index (Phi) is 17.5. The maximum Gasteiger partial charge on any atom is 0.188 e. The Morgan fingerprint density at radius 1 is 1.11 bits per heavy atom. The molecule has 0 aromatic rings. The van der Waals surface area contributed by atoms with Crippen molar-refractivity contribution in [2.45, 2.75) is 42.8 Å². The molecule has 2 fully saturated rings. The Morgan fingerprint density at radius 3 is 2.39 bits per heavy atom. The summed E-state index contributed by atoms with van der Waals surface area (Å²) in [4.78, 5) is 0. The fourth-order valence-corrected chi connectivity index (χ4v) is 3.06. The third-order valence-corrected chi connectivity index (χ3v) is 4.54. The van der Waals surface area contributed by atoms with Gasteiger partial charge in [0.05, 0.1) is 25.9 Å². The average molecular weight is 492 g/mol. The molecule has 7 unspecified atom stereocenters. The van der Waals surface area contributed by atoms with Crippen LogP contribution in [0.25, 0.3) is 0 Å². The Balaban J connectivity index is 0.000000504. The first-order valence-corrected chi connectivity index (χ1v) is 10.7. The summed E-state index contributed by atoms with van der Waals surface area (Å²) in [7, 11) is 14.2. The van der Waals surface area contributed by atoms with Crippen molar-refractivity contribution in [3.05, 3.63) is 6.42 Å². The van der Waals surface area contributed by atoms with Crippen molar-refractivity contribution in [1.82, 2.24) is 0 Å². The molecule has 7 atom stereocenters. The van der Waals surface area contributed by atoms with Gasteiger partial charge in [0, 0.05) is 79.3 Å². The molecule has 0 aromatic heterocycles. The van der Waals surface area contributed by atoms with E-state index in [1.165, 1.54) is 0 Å². The smallest absolute Gasteiger partial charge is 0.188 e. The van der Waals surface area contributed by atoms with Gasteiger partial charge in [0.15, 0.2) is 8.03 Å². The van der Waals surface area contributed by atoms with E-state index >= 15 is 0 Å². The van der Waals surface area contributed by atoms with E-state index in [0.29, 0.717) is 32.8 Å². The zero-order valence-electron chi connectivity index (χ0n) is 17.1. The Morgan fingerprint density at radius 2 is 1.82 bits per heavy atom. The first-order valence-electron chi connectivity index (χ1n) is 8.83. The largest absolute Gasteiger partial charge is 0.414 e. The van der Waals surface area contributed by atoms with Gasteiger partial charge in [-0.2, -0.15) is 0 Å². The third kappa shape index (κ3) is 11.5. The van der Waals surface area contributed by atoms with Crippen LogP contribution in [0.3, 0.4) is 0 Å². The van der Waals surface area contributed by atoms with Crippen molar-refractivity contribution in [2.75, 3.05) is 54.4 Å². The van der Waals surface area contributed by atoms with E-state index in [1.807, 2.05) is 6.42 Å². The van der Waals surface area contributed by atoms with Gasteiger partial charge in [0.2, 0.25) is 0 Å². The normalized spacial score (nSPS) is 33.0. The number of ether oxygens (including phenoxy) is 6. The molecular weight excluding hydrogens is 462 g/mol. The molecule has 2 aliphatic heterocycles. The van der Waals surface area contributed by atoms with Gasteiger partial charge in [-0.15, -0.1) is 0 Å². The van der Waals surface area contributed by atoms with Gasteiger partial charge in [0.1, 0.15) is 21.8 Å². The van der Waals surface area contributed by atoms with Crippen molar-refractivity contribution in [3.8, 4) is 0 Å². The van der Waals surface area contributed by atoms with E-state index in [4.69, 9.17) is 48.6 Å². The predicted octanol–water partition coefficient (Wildman–Crippen LogP) is 0.166. The summed E-state index contributed by atoms with van der Waals surface area (Å²) in [5.41, 5.74) is 0. The molecule has 0 N–H and O–H groups in total. The van der Waals surface area contributed by atoms with Crippen LogP contribution < -0.4 is 0 Å². The van der Waals surface area contributed by atoms with Gasteiger partial charge >= 0.3 is 0 Å². The van der Waals surface area contributed by atoms with Crippen LogP contribution in [-0.2, 0) is 70.2 Å². The summed E-state index contributed by atoms with van der Waals surface area (Å²) < 4.78 is 46.8. The molecule has 2 aliphatic rings. The van der Waals surface area contributed by atoms with Crippen molar-refractivity contribution >= 4 is 23.7 Å². The molecule has 0 saturated carbocycles. The quantitative estimate of drug-likeness (QED) is 0.185. The SMILES string of the molecule is [B]C1CC(OC)C(CO[PH](C)=O)O1.[B]C1OC(COC)[CH-]C1OCCOC.[Y]. The van der Waals surface area contributed by atoms with Gasteiger partial charge < -0.3 is 32.9 Å². The third-order valence-electron chi connectivity index (χ3n) is 3.97. The zero-order chi connectivity index (χ0) is 20.2. The van der Waals surface area contributed by atoms with Crippen LogP contribution in [0.1, 0.15) is 6.42 Å². The monoisotopic (exact) mass is 492 g/mol. The maximum absolute atomic E-state index is 10.7. The fraction of sp³-hybridized carbons (Fsp3) is 0.938. The molecule has 0 bridgehead atoms. The number of hydrogen-bond donors (Lipinski definition) is 0. The Labute approximate surface area is 196 Å². The van der Waals surface area contributed by atoms with Crippen LogP contribution in [0.5, 0.6) is 0 Å². The summed E-state index contributed by atoms with van der Waals surface area (Å²) in [6.07, 6.45) is 2.12. The molecule has 2 saturated heterocycles. The molecule has 157 valence electrons. The summed E-state index contributed by atoms with van der Waals surface area (Å²) in [6, 6.07) is -0.690.